The van der Waals surface area contributed by atoms with Gasteiger partial charge in [-0.05, 0) is 275 Å². The van der Waals surface area contributed by atoms with Gasteiger partial charge in [-0.1, -0.05) is 355 Å². The predicted molar refractivity (Wildman–Crippen MR) is 597 cm³/mol. The van der Waals surface area contributed by atoms with E-state index in [4.69, 9.17) is 4.42 Å². The minimum Gasteiger partial charge on any atom is -0.456 e. The highest BCUT2D eigenvalue weighted by Gasteiger charge is 2.39. The number of furan rings is 1. The van der Waals surface area contributed by atoms with Crippen molar-refractivity contribution < 1.29 is 4.42 Å². The summed E-state index contributed by atoms with van der Waals surface area (Å²) in [6, 6.07) is 178. The van der Waals surface area contributed by atoms with E-state index in [0.29, 0.717) is 0 Å². The van der Waals surface area contributed by atoms with E-state index < -0.39 is 0 Å². The monoisotopic (exact) mass is 1830 g/mol. The number of nitrogens with zero attached hydrogens (tertiary/aromatic N) is 3. The Morgan fingerprint density at radius 3 is 1.13 bits per heavy atom. The molecule has 27 rings (SSSR count). The molecule has 0 saturated carbocycles. The number of rotatable bonds is 15. The van der Waals surface area contributed by atoms with Gasteiger partial charge in [-0.15, -0.1) is 34.0 Å². The molecule has 0 spiro atoms. The number of benzene rings is 21. The zero-order chi connectivity index (χ0) is 92.8. The standard InChI is InChI=1S/C45H33NO.C45H33NS.C42H27NS2/c1-45(2)40-24-10-9-22-37(40)38-28-39-43(29-41(38)45)47-42-25-13-23-36(44(39)42)32-16-11-14-30(26-32)31-15-12-21-35(27-31)46(33-17-5-3-6-18-33)34-19-7-4-8-20-34;1-45(2)40-19-10-9-18-37(40)38-26-27-41-43(44(38)45)39-25-22-33(29-42(39)47-41)32-13-11-12-31(28-32)30-20-23-36(24-21-30)46(34-14-5-3-6-15-34)35-16-7-4-8-17-35;1-3-15-31(16-4-1)43(32-17-5-2-6-18-32)33-19-10-13-29(27-33)28-12-9-14-30(26-28)34-21-11-22-36-38-25-24-37-35-20-7-8-23-39(35)44-41(37)42(38)45-40(34)36/h2*3-29H,1-2H3;1-27H. The highest BCUT2D eigenvalue weighted by molar-refractivity contribution is 7.33. The summed E-state index contributed by atoms with van der Waals surface area (Å²) in [5.41, 5.74) is 37.5. The van der Waals surface area contributed by atoms with Crippen molar-refractivity contribution in [3.8, 4) is 89.0 Å². The average molecular weight is 1830 g/mol. The fourth-order valence-corrected chi connectivity index (χ4v) is 25.5. The molecule has 0 aliphatic heterocycles. The lowest BCUT2D eigenvalue weighted by Gasteiger charge is -2.26. The second-order valence-corrected chi connectivity index (χ2v) is 40.5. The molecule has 0 saturated heterocycles. The first-order chi connectivity index (χ1) is 68.4. The second kappa shape index (κ2) is 35.0. The van der Waals surface area contributed by atoms with Crippen LogP contribution in [0.15, 0.2) is 496 Å². The molecule has 4 aromatic heterocycles. The first-order valence-corrected chi connectivity index (χ1v) is 50.2. The molecule has 139 heavy (non-hydrogen) atoms. The van der Waals surface area contributed by atoms with Crippen LogP contribution in [0.3, 0.4) is 0 Å². The molecule has 25 aromatic rings. The largest absolute Gasteiger partial charge is 0.456 e. The Bertz CT molecular complexity index is 8890. The van der Waals surface area contributed by atoms with E-state index in [1.807, 2.05) is 34.0 Å². The summed E-state index contributed by atoms with van der Waals surface area (Å²) in [7, 11) is 0. The third-order valence-electron chi connectivity index (χ3n) is 28.3. The Labute approximate surface area is 821 Å². The van der Waals surface area contributed by atoms with Crippen molar-refractivity contribution in [1.82, 2.24) is 0 Å². The smallest absolute Gasteiger partial charge is 0.136 e. The van der Waals surface area contributed by atoms with Crippen molar-refractivity contribution in [1.29, 1.82) is 0 Å². The number of thiophene rings is 3. The molecule has 660 valence electrons. The van der Waals surface area contributed by atoms with E-state index in [9.17, 15) is 0 Å². The summed E-state index contributed by atoms with van der Waals surface area (Å²) >= 11 is 5.76. The lowest BCUT2D eigenvalue weighted by molar-refractivity contribution is 0.647. The van der Waals surface area contributed by atoms with Gasteiger partial charge < -0.3 is 19.1 Å². The minimum atomic E-state index is -0.0681. The molecular formula is C132H93N3OS3. The fourth-order valence-electron chi connectivity index (χ4n) is 21.7. The molecule has 2 aliphatic carbocycles. The van der Waals surface area contributed by atoms with E-state index in [1.54, 1.807) is 0 Å². The molecule has 4 heterocycles. The maximum absolute atomic E-state index is 6.57. The molecule has 21 aromatic carbocycles. The molecule has 0 N–H and O–H groups in total. The molecule has 0 fully saturated rings. The molecule has 2 aliphatic rings. The molecule has 0 unspecified atom stereocenters. The van der Waals surface area contributed by atoms with Gasteiger partial charge in [0.05, 0.1) is 9.40 Å². The maximum Gasteiger partial charge on any atom is 0.136 e. The van der Waals surface area contributed by atoms with E-state index in [2.05, 4.69) is 534 Å². The summed E-state index contributed by atoms with van der Waals surface area (Å²) in [5.74, 6) is 0. The normalized spacial score (nSPS) is 12.6. The molecular weight excluding hydrogens is 1740 g/mol. The van der Waals surface area contributed by atoms with Gasteiger partial charge in [-0.3, -0.25) is 0 Å². The second-order valence-electron chi connectivity index (χ2n) is 37.3. The van der Waals surface area contributed by atoms with Crippen molar-refractivity contribution in [2.45, 2.75) is 38.5 Å². The van der Waals surface area contributed by atoms with Gasteiger partial charge in [0.15, 0.2) is 0 Å². The molecule has 0 radical (unpaired) electrons. The van der Waals surface area contributed by atoms with E-state index in [-0.39, 0.29) is 10.8 Å². The van der Waals surface area contributed by atoms with Crippen LogP contribution >= 0.6 is 34.0 Å². The van der Waals surface area contributed by atoms with Gasteiger partial charge in [0.2, 0.25) is 0 Å². The summed E-state index contributed by atoms with van der Waals surface area (Å²) in [4.78, 5) is 6.93. The highest BCUT2D eigenvalue weighted by atomic mass is 32.1. The Kier molecular flexibility index (Phi) is 21.2. The topological polar surface area (TPSA) is 22.9 Å². The van der Waals surface area contributed by atoms with Gasteiger partial charge in [-0.2, -0.15) is 0 Å². The summed E-state index contributed by atoms with van der Waals surface area (Å²) in [5, 5.41) is 10.5. The first-order valence-electron chi connectivity index (χ1n) is 47.7. The number of para-hydroxylation sites is 6. The Hall–Kier alpha value is -16.5. The van der Waals surface area contributed by atoms with Gasteiger partial charge in [0, 0.05) is 124 Å². The fraction of sp³-hybridized carbons (Fsp3) is 0.0455. The van der Waals surface area contributed by atoms with Crippen LogP contribution in [0.1, 0.15) is 49.9 Å². The van der Waals surface area contributed by atoms with Gasteiger partial charge in [0.25, 0.3) is 0 Å². The number of hydrogen-bond acceptors (Lipinski definition) is 7. The van der Waals surface area contributed by atoms with Gasteiger partial charge in [-0.25, -0.2) is 0 Å². The summed E-state index contributed by atoms with van der Waals surface area (Å²) in [6.45, 7) is 9.40. The van der Waals surface area contributed by atoms with E-state index >= 15 is 0 Å². The molecule has 0 amide bonds. The van der Waals surface area contributed by atoms with Crippen molar-refractivity contribution in [3.63, 3.8) is 0 Å². The zero-order valence-corrected chi connectivity index (χ0v) is 79.7. The van der Waals surface area contributed by atoms with Crippen LogP contribution in [0.5, 0.6) is 0 Å². The zero-order valence-electron chi connectivity index (χ0n) is 77.2. The van der Waals surface area contributed by atoms with Crippen LogP contribution in [0, 0.1) is 0 Å². The lowest BCUT2D eigenvalue weighted by atomic mass is 9.80. The van der Waals surface area contributed by atoms with Crippen molar-refractivity contribution in [2.75, 3.05) is 14.7 Å². The predicted octanol–water partition coefficient (Wildman–Crippen LogP) is 39.1. The molecule has 0 bridgehead atoms. The lowest BCUT2D eigenvalue weighted by Crippen LogP contribution is -2.15. The Morgan fingerprint density at radius 1 is 0.180 bits per heavy atom. The molecule has 7 heteroatoms. The van der Waals surface area contributed by atoms with E-state index in [1.165, 1.54) is 172 Å². The number of hydrogen-bond donors (Lipinski definition) is 0. The minimum absolute atomic E-state index is 0.0266. The van der Waals surface area contributed by atoms with Crippen LogP contribution < -0.4 is 14.7 Å². The number of fused-ring (bicyclic) bond motifs is 20. The van der Waals surface area contributed by atoms with Crippen molar-refractivity contribution in [2.24, 2.45) is 0 Å². The highest BCUT2D eigenvalue weighted by Crippen LogP contribution is 2.57. The quantitative estimate of drug-likeness (QED) is 0.102. The maximum atomic E-state index is 6.57. The molecule has 4 nitrogen and oxygen atoms in total. The SMILES string of the molecule is CC1(C)c2ccccc2-c2cc3c(cc21)oc1cccc(-c2cccc(-c4cccc(N(c5ccccc5)c5ccccc5)c4)c2)c13.CC1(C)c2ccccc2-c2ccc3sc4cc(-c5cccc(-c6ccc(N(c7ccccc7)c7ccccc7)cc6)c5)ccc4c3c21.c1ccc(N(c2ccccc2)c2cccc(-c3cccc(-c4cccc5c4sc4c5ccc5c6ccccc6sc54)c3)c2)cc1. The van der Waals surface area contributed by atoms with Crippen LogP contribution in [-0.2, 0) is 10.8 Å². The van der Waals surface area contributed by atoms with Crippen molar-refractivity contribution >= 4 is 168 Å². The molecule has 0 atom stereocenters. The third-order valence-corrected chi connectivity index (χ3v) is 32.1. The first kappa shape index (κ1) is 84.2. The number of anilines is 9. The van der Waals surface area contributed by atoms with Crippen LogP contribution in [0.25, 0.3) is 171 Å². The van der Waals surface area contributed by atoms with Crippen LogP contribution in [0.4, 0.5) is 51.2 Å². The van der Waals surface area contributed by atoms with E-state index in [0.717, 1.165) is 73.1 Å². The Morgan fingerprint density at radius 2 is 0.561 bits per heavy atom. The van der Waals surface area contributed by atoms with Gasteiger partial charge >= 0.3 is 0 Å². The van der Waals surface area contributed by atoms with Gasteiger partial charge in [0.1, 0.15) is 11.2 Å². The third kappa shape index (κ3) is 15.0. The van der Waals surface area contributed by atoms with Crippen molar-refractivity contribution in [3.05, 3.63) is 514 Å². The summed E-state index contributed by atoms with van der Waals surface area (Å²) in [6.07, 6.45) is 0. The summed E-state index contributed by atoms with van der Waals surface area (Å²) < 4.78 is 14.8. The van der Waals surface area contributed by atoms with Crippen LogP contribution in [-0.4, -0.2) is 0 Å². The average Bonchev–Trinajstić information content (AvgIpc) is 1.55. The van der Waals surface area contributed by atoms with Crippen LogP contribution in [0.2, 0.25) is 0 Å². The Balaban J connectivity index is 0.000000110.